The zero-order valence-electron chi connectivity index (χ0n) is 24.3. The van der Waals surface area contributed by atoms with E-state index >= 15 is 0 Å². The summed E-state index contributed by atoms with van der Waals surface area (Å²) in [4.78, 5) is 2.33. The van der Waals surface area contributed by atoms with Crippen molar-refractivity contribution in [1.29, 1.82) is 0 Å². The Morgan fingerprint density at radius 3 is 1.25 bits per heavy atom. The molecule has 0 aromatic heterocycles. The molecule has 0 aliphatic rings. The predicted octanol–water partition coefficient (Wildman–Crippen LogP) is 8.71. The van der Waals surface area contributed by atoms with E-state index in [1.54, 1.807) is 0 Å². The normalized spacial score (nSPS) is 11.7. The summed E-state index contributed by atoms with van der Waals surface area (Å²) in [6, 6.07) is 54.4. The zero-order valence-corrected chi connectivity index (χ0v) is 24.3. The summed E-state index contributed by atoms with van der Waals surface area (Å²) >= 11 is 0. The van der Waals surface area contributed by atoms with Crippen molar-refractivity contribution in [2.75, 3.05) is 18.0 Å². The molecule has 0 aliphatic carbocycles. The molecule has 0 heterocycles. The Bertz CT molecular complexity index is 1260. The molecule has 0 spiro atoms. The van der Waals surface area contributed by atoms with Crippen LogP contribution in [0.4, 0.5) is 5.69 Å². The fraction of sp³-hybridized carbons (Fsp3) is 0.211. The third-order valence-corrected chi connectivity index (χ3v) is 8.01. The molecule has 1 unspecified atom stereocenters. The topological polar surface area (TPSA) is 3.24 Å². The van der Waals surface area contributed by atoms with Crippen LogP contribution in [-0.2, 0) is 5.41 Å². The first kappa shape index (κ1) is 29.0. The van der Waals surface area contributed by atoms with E-state index in [4.69, 9.17) is 0 Å². The number of para-hydroxylation sites is 1. The largest absolute Gasteiger partial charge is 0.372 e. The lowest BCUT2D eigenvalue weighted by molar-refractivity contribution is 0.527. The molecule has 0 amide bonds. The van der Waals surface area contributed by atoms with Gasteiger partial charge in [-0.05, 0) is 54.9 Å². The number of nitrogens with zero attached hydrogens (tertiary/aromatic N) is 1. The van der Waals surface area contributed by atoms with E-state index < -0.39 is 0 Å². The Morgan fingerprint density at radius 1 is 0.525 bits per heavy atom. The molecular formula is C38H42BN. The molecule has 2 heteroatoms. The van der Waals surface area contributed by atoms with Crippen molar-refractivity contribution in [3.63, 3.8) is 0 Å². The number of benzene rings is 5. The summed E-state index contributed by atoms with van der Waals surface area (Å²) in [7, 11) is 2.35. The lowest BCUT2D eigenvalue weighted by Crippen LogP contribution is -2.30. The lowest BCUT2D eigenvalue weighted by atomic mass is 9.64. The van der Waals surface area contributed by atoms with Crippen LogP contribution in [0.15, 0.2) is 152 Å². The van der Waals surface area contributed by atoms with Crippen LogP contribution in [0.2, 0.25) is 0 Å². The molecule has 1 atom stereocenters. The summed E-state index contributed by atoms with van der Waals surface area (Å²) in [5.74, 6) is 0.506. The summed E-state index contributed by atoms with van der Waals surface area (Å²) in [6.07, 6.45) is 2.17. The van der Waals surface area contributed by atoms with Crippen molar-refractivity contribution in [1.82, 2.24) is 0 Å². The summed E-state index contributed by atoms with van der Waals surface area (Å²) in [6.45, 7) is 6.52. The van der Waals surface area contributed by atoms with Gasteiger partial charge in [-0.25, -0.2) is 0 Å². The molecule has 0 aliphatic heterocycles. The van der Waals surface area contributed by atoms with Gasteiger partial charge in [0, 0.05) is 24.2 Å². The lowest BCUT2D eigenvalue weighted by Gasteiger charge is -2.37. The average molecular weight is 524 g/mol. The summed E-state index contributed by atoms with van der Waals surface area (Å²) < 4.78 is 0. The SMILES string of the molecule is BC(CCC(c1ccccc1)(c1ccccc1)c1ccccc1)c1ccccc1.CCN(CC)c1ccccc1. The quantitative estimate of drug-likeness (QED) is 0.131. The van der Waals surface area contributed by atoms with Crippen LogP contribution in [-0.4, -0.2) is 20.9 Å². The second-order valence-corrected chi connectivity index (χ2v) is 10.4. The maximum Gasteiger partial charge on any atom is 0.111 e. The Morgan fingerprint density at radius 2 is 0.875 bits per heavy atom. The Kier molecular flexibility index (Phi) is 10.8. The molecule has 5 aromatic rings. The van der Waals surface area contributed by atoms with E-state index in [0.29, 0.717) is 5.82 Å². The van der Waals surface area contributed by atoms with Gasteiger partial charge >= 0.3 is 0 Å². The highest BCUT2D eigenvalue weighted by Crippen LogP contribution is 2.44. The minimum absolute atomic E-state index is 0.160. The first-order valence-electron chi connectivity index (χ1n) is 14.7. The number of hydrogen-bond donors (Lipinski definition) is 0. The standard InChI is InChI=1S/C28H27B.C10H15N/c29-27(23-13-5-1-6-14-23)21-22-28(24-15-7-2-8-16-24,25-17-9-3-10-18-25)26-19-11-4-12-20-26;1-3-11(4-2)10-8-6-5-7-9-10/h1-20,27H,21-22,29H2;5-9H,3-4H2,1-2H3. The van der Waals surface area contributed by atoms with Gasteiger partial charge in [0.2, 0.25) is 0 Å². The fourth-order valence-electron chi connectivity index (χ4n) is 5.71. The fourth-order valence-corrected chi connectivity index (χ4v) is 5.71. The van der Waals surface area contributed by atoms with Gasteiger partial charge in [0.25, 0.3) is 0 Å². The molecule has 0 radical (unpaired) electrons. The van der Waals surface area contributed by atoms with Gasteiger partial charge in [-0.15, -0.1) is 0 Å². The van der Waals surface area contributed by atoms with Crippen molar-refractivity contribution >= 4 is 13.5 Å². The molecule has 0 saturated carbocycles. The van der Waals surface area contributed by atoms with Crippen LogP contribution >= 0.6 is 0 Å². The molecule has 0 fully saturated rings. The van der Waals surface area contributed by atoms with Crippen LogP contribution < -0.4 is 4.90 Å². The second-order valence-electron chi connectivity index (χ2n) is 10.4. The third-order valence-electron chi connectivity index (χ3n) is 8.01. The number of rotatable bonds is 10. The zero-order chi connectivity index (χ0) is 28.0. The highest BCUT2D eigenvalue weighted by Gasteiger charge is 2.36. The van der Waals surface area contributed by atoms with Gasteiger partial charge in [-0.3, -0.25) is 0 Å². The monoisotopic (exact) mass is 523 g/mol. The van der Waals surface area contributed by atoms with Crippen molar-refractivity contribution in [2.24, 2.45) is 0 Å². The smallest absolute Gasteiger partial charge is 0.111 e. The Labute approximate surface area is 242 Å². The van der Waals surface area contributed by atoms with Gasteiger partial charge in [-0.2, -0.15) is 0 Å². The van der Waals surface area contributed by atoms with Crippen LogP contribution in [0.5, 0.6) is 0 Å². The van der Waals surface area contributed by atoms with Gasteiger partial charge < -0.3 is 4.90 Å². The summed E-state index contributed by atoms with van der Waals surface area (Å²) in [5.41, 5.74) is 6.65. The first-order chi connectivity index (χ1) is 19.7. The van der Waals surface area contributed by atoms with Crippen molar-refractivity contribution in [3.05, 3.63) is 174 Å². The van der Waals surface area contributed by atoms with Crippen molar-refractivity contribution in [2.45, 2.75) is 37.9 Å². The van der Waals surface area contributed by atoms with Gasteiger partial charge in [0.05, 0.1) is 0 Å². The van der Waals surface area contributed by atoms with E-state index in [1.165, 1.54) is 27.9 Å². The Hall–Kier alpha value is -4.04. The van der Waals surface area contributed by atoms with E-state index in [-0.39, 0.29) is 5.41 Å². The predicted molar refractivity (Wildman–Crippen MR) is 176 cm³/mol. The molecule has 0 N–H and O–H groups in total. The van der Waals surface area contributed by atoms with E-state index in [2.05, 4.69) is 172 Å². The van der Waals surface area contributed by atoms with Gasteiger partial charge in [-0.1, -0.05) is 152 Å². The van der Waals surface area contributed by atoms with Crippen LogP contribution in [0.1, 0.15) is 54.8 Å². The molecule has 1 nitrogen and oxygen atoms in total. The number of hydrogen-bond acceptors (Lipinski definition) is 1. The average Bonchev–Trinajstić information content (AvgIpc) is 3.05. The molecule has 202 valence electrons. The Balaban J connectivity index is 0.000000283. The van der Waals surface area contributed by atoms with Crippen LogP contribution in [0.3, 0.4) is 0 Å². The second kappa shape index (κ2) is 14.9. The highest BCUT2D eigenvalue weighted by molar-refractivity contribution is 6.12. The van der Waals surface area contributed by atoms with Crippen molar-refractivity contribution < 1.29 is 0 Å². The number of anilines is 1. The van der Waals surface area contributed by atoms with Gasteiger partial charge in [0.1, 0.15) is 7.85 Å². The van der Waals surface area contributed by atoms with E-state index in [0.717, 1.165) is 25.9 Å². The molecule has 0 saturated heterocycles. The molecule has 5 rings (SSSR count). The molecule has 5 aromatic carbocycles. The summed E-state index contributed by atoms with van der Waals surface area (Å²) in [5, 5.41) is 0. The van der Waals surface area contributed by atoms with Crippen LogP contribution in [0, 0.1) is 0 Å². The molecular weight excluding hydrogens is 481 g/mol. The maximum atomic E-state index is 2.35. The molecule has 0 bridgehead atoms. The maximum absolute atomic E-state index is 2.35. The van der Waals surface area contributed by atoms with E-state index in [1.807, 2.05) is 6.07 Å². The third kappa shape index (κ3) is 7.13. The van der Waals surface area contributed by atoms with Gasteiger partial charge in [0.15, 0.2) is 0 Å². The van der Waals surface area contributed by atoms with Crippen molar-refractivity contribution in [3.8, 4) is 0 Å². The molecule has 40 heavy (non-hydrogen) atoms. The first-order valence-corrected chi connectivity index (χ1v) is 14.7. The minimum Gasteiger partial charge on any atom is -0.372 e. The van der Waals surface area contributed by atoms with Crippen LogP contribution in [0.25, 0.3) is 0 Å². The minimum atomic E-state index is -0.160. The van der Waals surface area contributed by atoms with E-state index in [9.17, 15) is 0 Å². The highest BCUT2D eigenvalue weighted by atomic mass is 15.1.